The third-order valence-electron chi connectivity index (χ3n) is 3.80. The number of halogens is 2. The largest absolute Gasteiger partial charge is 0.497 e. The number of hydrogen-bond acceptors (Lipinski definition) is 6. The highest BCUT2D eigenvalue weighted by atomic mass is 32.2. The van der Waals surface area contributed by atoms with E-state index in [-0.39, 0.29) is 29.8 Å². The van der Waals surface area contributed by atoms with Crippen molar-refractivity contribution in [1.29, 1.82) is 0 Å². The highest BCUT2D eigenvalue weighted by Gasteiger charge is 2.14. The number of nitrogens with one attached hydrogen (secondary N) is 1. The second-order valence-corrected chi connectivity index (χ2v) is 6.85. The molecule has 6 nitrogen and oxygen atoms in total. The Morgan fingerprint density at radius 3 is 2.45 bits per heavy atom. The van der Waals surface area contributed by atoms with Gasteiger partial charge in [-0.15, -0.1) is 11.8 Å². The van der Waals surface area contributed by atoms with Crippen molar-refractivity contribution in [3.63, 3.8) is 0 Å². The minimum Gasteiger partial charge on any atom is -0.497 e. The molecule has 156 valence electrons. The molecule has 0 fully saturated rings. The van der Waals surface area contributed by atoms with Gasteiger partial charge in [0.15, 0.2) is 0 Å². The number of amides is 1. The van der Waals surface area contributed by atoms with Gasteiger partial charge in [-0.25, -0.2) is 0 Å². The molecule has 0 radical (unpaired) electrons. The number of carbonyl (C=O) groups excluding carboxylic acids is 2. The molecule has 0 spiro atoms. The minimum absolute atomic E-state index is 0.00296. The molecule has 2 rings (SSSR count). The van der Waals surface area contributed by atoms with Gasteiger partial charge < -0.3 is 19.5 Å². The van der Waals surface area contributed by atoms with E-state index < -0.39 is 6.61 Å². The molecule has 0 bridgehead atoms. The molecular formula is C20H21F2NO5S. The van der Waals surface area contributed by atoms with Gasteiger partial charge in [-0.1, -0.05) is 12.1 Å². The summed E-state index contributed by atoms with van der Waals surface area (Å²) in [5, 5.41) is 2.72. The maximum absolute atomic E-state index is 12.8. The number of carbonyl (C=O) groups is 2. The lowest BCUT2D eigenvalue weighted by molar-refractivity contribution is -0.137. The zero-order chi connectivity index (χ0) is 21.2. The third-order valence-corrected chi connectivity index (χ3v) is 4.73. The molecule has 29 heavy (non-hydrogen) atoms. The molecule has 9 heteroatoms. The summed E-state index contributed by atoms with van der Waals surface area (Å²) < 4.78 is 39.7. The lowest BCUT2D eigenvalue weighted by Gasteiger charge is -2.14. The number of hydrogen-bond donors (Lipinski definition) is 1. The fraction of sp³-hybridized carbons (Fsp3) is 0.300. The first-order valence-electron chi connectivity index (χ1n) is 8.60. The number of ether oxygens (including phenoxy) is 3. The van der Waals surface area contributed by atoms with Crippen LogP contribution in [0.15, 0.2) is 42.5 Å². The average Bonchev–Trinajstić information content (AvgIpc) is 2.71. The minimum atomic E-state index is -2.97. The molecule has 2 aromatic carbocycles. The topological polar surface area (TPSA) is 73.9 Å². The maximum atomic E-state index is 12.8. The van der Waals surface area contributed by atoms with Crippen molar-refractivity contribution in [2.75, 3.05) is 31.0 Å². The van der Waals surface area contributed by atoms with E-state index in [0.29, 0.717) is 28.3 Å². The average molecular weight is 425 g/mol. The van der Waals surface area contributed by atoms with E-state index in [1.54, 1.807) is 30.3 Å². The van der Waals surface area contributed by atoms with E-state index in [0.717, 1.165) is 0 Å². The van der Waals surface area contributed by atoms with Gasteiger partial charge in [-0.2, -0.15) is 8.78 Å². The molecule has 0 aliphatic rings. The molecule has 2 aromatic rings. The van der Waals surface area contributed by atoms with Gasteiger partial charge in [-0.05, 0) is 35.9 Å². The maximum Gasteiger partial charge on any atom is 0.387 e. The Balaban J connectivity index is 2.10. The number of benzene rings is 2. The number of anilines is 1. The van der Waals surface area contributed by atoms with Gasteiger partial charge >= 0.3 is 12.6 Å². The van der Waals surface area contributed by atoms with Crippen LogP contribution in [0.1, 0.15) is 6.42 Å². The summed E-state index contributed by atoms with van der Waals surface area (Å²) in [6, 6.07) is 11.3. The van der Waals surface area contributed by atoms with Crippen LogP contribution in [0.2, 0.25) is 0 Å². The summed E-state index contributed by atoms with van der Waals surface area (Å²) in [4.78, 5) is 23.2. The number of thioether (sulfide) groups is 1. The van der Waals surface area contributed by atoms with Crippen LogP contribution in [0.3, 0.4) is 0 Å². The lowest BCUT2D eigenvalue weighted by atomic mass is 10.0. The molecule has 0 atom stereocenters. The van der Waals surface area contributed by atoms with Crippen molar-refractivity contribution in [3.8, 4) is 22.6 Å². The molecule has 0 heterocycles. The monoisotopic (exact) mass is 425 g/mol. The Labute approximate surface area is 171 Å². The summed E-state index contributed by atoms with van der Waals surface area (Å²) in [6.45, 7) is -2.97. The first kappa shape index (κ1) is 22.5. The SMILES string of the molecule is COC(=O)CSCCC(=O)Nc1ccc(OC(F)F)c(-c2ccc(OC)cc2)c1. The molecule has 0 unspecified atom stereocenters. The van der Waals surface area contributed by atoms with E-state index in [2.05, 4.69) is 14.8 Å². The first-order chi connectivity index (χ1) is 13.9. The van der Waals surface area contributed by atoms with Crippen molar-refractivity contribution >= 4 is 29.3 Å². The fourth-order valence-electron chi connectivity index (χ4n) is 2.41. The molecule has 0 saturated heterocycles. The van der Waals surface area contributed by atoms with Gasteiger partial charge in [0.2, 0.25) is 5.91 Å². The first-order valence-corrected chi connectivity index (χ1v) is 9.76. The van der Waals surface area contributed by atoms with Crippen molar-refractivity contribution in [1.82, 2.24) is 0 Å². The number of rotatable bonds is 10. The summed E-state index contributed by atoms with van der Waals surface area (Å²) in [7, 11) is 2.83. The van der Waals surface area contributed by atoms with Crippen molar-refractivity contribution < 1.29 is 32.6 Å². The molecule has 0 aliphatic heterocycles. The van der Waals surface area contributed by atoms with Crippen molar-refractivity contribution in [2.24, 2.45) is 0 Å². The third kappa shape index (κ3) is 7.26. The lowest BCUT2D eigenvalue weighted by Crippen LogP contribution is -2.13. The van der Waals surface area contributed by atoms with Crippen LogP contribution in [0, 0.1) is 0 Å². The summed E-state index contributed by atoms with van der Waals surface area (Å²) in [6.07, 6.45) is 0.189. The van der Waals surface area contributed by atoms with E-state index in [4.69, 9.17) is 4.74 Å². The van der Waals surface area contributed by atoms with E-state index in [1.807, 2.05) is 0 Å². The van der Waals surface area contributed by atoms with E-state index >= 15 is 0 Å². The highest BCUT2D eigenvalue weighted by molar-refractivity contribution is 7.99. The van der Waals surface area contributed by atoms with Crippen LogP contribution in [0.25, 0.3) is 11.1 Å². The summed E-state index contributed by atoms with van der Waals surface area (Å²) >= 11 is 1.29. The summed E-state index contributed by atoms with van der Waals surface area (Å²) in [5.41, 5.74) is 1.48. The normalized spacial score (nSPS) is 10.5. The second kappa shape index (κ2) is 11.3. The van der Waals surface area contributed by atoms with Gasteiger partial charge in [0, 0.05) is 23.4 Å². The number of alkyl halides is 2. The van der Waals surface area contributed by atoms with Crippen LogP contribution in [0.5, 0.6) is 11.5 Å². The predicted molar refractivity (Wildman–Crippen MR) is 108 cm³/mol. The van der Waals surface area contributed by atoms with Crippen LogP contribution in [-0.4, -0.2) is 44.2 Å². The second-order valence-electron chi connectivity index (χ2n) is 5.74. The number of esters is 1. The van der Waals surface area contributed by atoms with Crippen molar-refractivity contribution in [3.05, 3.63) is 42.5 Å². The molecule has 1 amide bonds. The van der Waals surface area contributed by atoms with Gasteiger partial charge in [0.05, 0.1) is 20.0 Å². The smallest absolute Gasteiger partial charge is 0.387 e. The van der Waals surface area contributed by atoms with Gasteiger partial charge in [-0.3, -0.25) is 9.59 Å². The molecular weight excluding hydrogens is 404 g/mol. The zero-order valence-electron chi connectivity index (χ0n) is 15.9. The van der Waals surface area contributed by atoms with Crippen LogP contribution in [-0.2, 0) is 14.3 Å². The van der Waals surface area contributed by atoms with Crippen LogP contribution >= 0.6 is 11.8 Å². The Bertz CT molecular complexity index is 830. The van der Waals surface area contributed by atoms with Crippen molar-refractivity contribution in [2.45, 2.75) is 13.0 Å². The zero-order valence-corrected chi connectivity index (χ0v) is 16.8. The van der Waals surface area contributed by atoms with Crippen LogP contribution < -0.4 is 14.8 Å². The van der Waals surface area contributed by atoms with Gasteiger partial charge in [0.1, 0.15) is 11.5 Å². The highest BCUT2D eigenvalue weighted by Crippen LogP contribution is 2.34. The molecule has 0 aromatic heterocycles. The standard InChI is InChI=1S/C20H21F2NO5S/c1-26-15-6-3-13(4-7-15)16-11-14(5-8-17(16)28-20(21)22)23-18(24)9-10-29-12-19(25)27-2/h3-8,11,20H,9-10,12H2,1-2H3,(H,23,24). The Kier molecular flexibility index (Phi) is 8.72. The predicted octanol–water partition coefficient (Wildman–Crippen LogP) is 4.20. The quantitative estimate of drug-likeness (QED) is 0.454. The fourth-order valence-corrected chi connectivity index (χ4v) is 3.16. The van der Waals surface area contributed by atoms with Gasteiger partial charge in [0.25, 0.3) is 0 Å². The van der Waals surface area contributed by atoms with Crippen LogP contribution in [0.4, 0.5) is 14.5 Å². The molecule has 1 N–H and O–H groups in total. The molecule has 0 saturated carbocycles. The Morgan fingerprint density at radius 2 is 1.83 bits per heavy atom. The summed E-state index contributed by atoms with van der Waals surface area (Å²) in [5.74, 6) is 0.625. The number of methoxy groups -OCH3 is 2. The van der Waals surface area contributed by atoms with E-state index in [1.165, 1.54) is 38.1 Å². The van der Waals surface area contributed by atoms with E-state index in [9.17, 15) is 18.4 Å². The Hall–Kier alpha value is -2.81. The molecule has 0 aliphatic carbocycles. The Morgan fingerprint density at radius 1 is 1.10 bits per heavy atom.